The van der Waals surface area contributed by atoms with E-state index in [-0.39, 0.29) is 31.9 Å². The molecule has 0 aromatic heterocycles. The molecule has 6 heteroatoms. The number of nitrogens with one attached hydrogen (secondary N) is 1. The van der Waals surface area contributed by atoms with E-state index in [9.17, 15) is 9.59 Å². The minimum absolute atomic E-state index is 0.0842. The van der Waals surface area contributed by atoms with Gasteiger partial charge in [0, 0.05) is 0 Å². The van der Waals surface area contributed by atoms with E-state index < -0.39 is 0 Å². The Kier molecular flexibility index (Phi) is 9.20. The number of carbonyl (C=O) groups is 2. The number of rotatable bonds is 8. The molecule has 1 unspecified atom stereocenters. The molecule has 0 spiro atoms. The van der Waals surface area contributed by atoms with Crippen molar-refractivity contribution in [2.24, 2.45) is 0 Å². The zero-order chi connectivity index (χ0) is 11.7. The van der Waals surface area contributed by atoms with Crippen LogP contribution in [0.5, 0.6) is 0 Å². The van der Waals surface area contributed by atoms with E-state index in [4.69, 9.17) is 4.74 Å². The van der Waals surface area contributed by atoms with Crippen LogP contribution in [-0.4, -0.2) is 50.5 Å². The molecule has 0 heterocycles. The van der Waals surface area contributed by atoms with E-state index in [0.29, 0.717) is 13.0 Å². The van der Waals surface area contributed by atoms with E-state index in [2.05, 4.69) is 4.33 Å². The van der Waals surface area contributed by atoms with Crippen molar-refractivity contribution in [2.75, 3.05) is 18.6 Å². The molecule has 0 radical (unpaired) electrons. The Labute approximate surface area is 101 Å². The first kappa shape index (κ1) is 15.0. The van der Waals surface area contributed by atoms with E-state index in [1.54, 1.807) is 18.7 Å². The summed E-state index contributed by atoms with van der Waals surface area (Å²) in [4.78, 5) is 22.3. The van der Waals surface area contributed by atoms with Gasteiger partial charge in [-0.3, -0.25) is 0 Å². The molecule has 15 heavy (non-hydrogen) atoms. The van der Waals surface area contributed by atoms with E-state index in [1.807, 2.05) is 6.26 Å². The number of hydrogen-bond acceptors (Lipinski definition) is 5. The Balaban J connectivity index is 4.04. The summed E-state index contributed by atoms with van der Waals surface area (Å²) in [6.45, 7) is 3.67. The fourth-order valence-electron chi connectivity index (χ4n) is 0.858. The normalized spacial score (nSPS) is 12.2. The van der Waals surface area contributed by atoms with Crippen LogP contribution in [0.2, 0.25) is 0 Å². The quantitative estimate of drug-likeness (QED) is 0.520. The molecule has 0 bridgehead atoms. The molecule has 0 fully saturated rings. The van der Waals surface area contributed by atoms with E-state index in [0.717, 1.165) is 5.75 Å². The van der Waals surface area contributed by atoms with E-state index >= 15 is 0 Å². The van der Waals surface area contributed by atoms with Crippen molar-refractivity contribution in [3.05, 3.63) is 0 Å². The fraction of sp³-hybridized carbons (Fsp3) is 0.778. The zero-order valence-corrected chi connectivity index (χ0v) is 11.8. The molecule has 0 rings (SSSR count). The van der Waals surface area contributed by atoms with Crippen LogP contribution in [0.4, 0.5) is 0 Å². The van der Waals surface area contributed by atoms with Gasteiger partial charge in [0.2, 0.25) is 0 Å². The summed E-state index contributed by atoms with van der Waals surface area (Å²) in [5, 5.41) is 0. The molecule has 0 amide bonds. The van der Waals surface area contributed by atoms with Crippen LogP contribution >= 0.6 is 11.8 Å². The van der Waals surface area contributed by atoms with Gasteiger partial charge in [0.05, 0.1) is 0 Å². The van der Waals surface area contributed by atoms with Crippen LogP contribution in [0.3, 0.4) is 0 Å². The Morgan fingerprint density at radius 1 is 1.53 bits per heavy atom. The van der Waals surface area contributed by atoms with Crippen LogP contribution in [0.25, 0.3) is 0 Å². The van der Waals surface area contributed by atoms with Crippen LogP contribution in [0, 0.1) is 0 Å². The molecule has 1 atom stereocenters. The van der Waals surface area contributed by atoms with Crippen molar-refractivity contribution >= 4 is 37.6 Å². The van der Waals surface area contributed by atoms with Crippen molar-refractivity contribution < 1.29 is 14.3 Å². The molecule has 0 aliphatic carbocycles. The van der Waals surface area contributed by atoms with Gasteiger partial charge >= 0.3 is 101 Å². The summed E-state index contributed by atoms with van der Waals surface area (Å²) < 4.78 is 7.97. The van der Waals surface area contributed by atoms with Gasteiger partial charge in [0.1, 0.15) is 0 Å². The maximum atomic E-state index is 11.5. The van der Waals surface area contributed by atoms with Crippen molar-refractivity contribution in [1.29, 1.82) is 0 Å². The number of thioether (sulfide) groups is 1. The average molecular weight is 298 g/mol. The molecule has 0 aromatic carbocycles. The molecule has 0 saturated carbocycles. The average Bonchev–Trinajstić information content (AvgIpc) is 2.17. The first-order valence-corrected chi connectivity index (χ1v) is 7.81. The van der Waals surface area contributed by atoms with Crippen molar-refractivity contribution in [2.45, 2.75) is 26.3 Å². The van der Waals surface area contributed by atoms with Gasteiger partial charge in [-0.05, 0) is 0 Å². The molecule has 88 valence electrons. The molecule has 0 aliphatic rings. The number of esters is 1. The Morgan fingerprint density at radius 2 is 2.20 bits per heavy atom. The molecule has 0 saturated heterocycles. The second kappa shape index (κ2) is 9.21. The van der Waals surface area contributed by atoms with Crippen molar-refractivity contribution in [1.82, 2.24) is 4.33 Å². The summed E-state index contributed by atoms with van der Waals surface area (Å²) in [5.74, 6) is 0.624. The third kappa shape index (κ3) is 7.85. The zero-order valence-electron chi connectivity index (χ0n) is 9.24. The monoisotopic (exact) mass is 299 g/mol. The third-order valence-electron chi connectivity index (χ3n) is 1.53. The predicted octanol–water partition coefficient (Wildman–Crippen LogP) is 0.426. The number of carbonyl (C=O) groups excluding carboxylic acids is 2. The summed E-state index contributed by atoms with van der Waals surface area (Å²) in [6, 6.07) is -0.332. The van der Waals surface area contributed by atoms with E-state index in [1.165, 1.54) is 6.92 Å². The van der Waals surface area contributed by atoms with Gasteiger partial charge in [-0.25, -0.2) is 0 Å². The molecule has 0 aliphatic heterocycles. The third-order valence-corrected chi connectivity index (χ3v) is 3.62. The standard InChI is InChI=1S/C9H17NO3SSe/c1-4-13-9(12)8(5-6-14-3)10-15-7(2)11/h8,10H,4-6H2,1-3H3. The van der Waals surface area contributed by atoms with Crippen LogP contribution in [0.1, 0.15) is 20.3 Å². The van der Waals surface area contributed by atoms with Gasteiger partial charge in [0.15, 0.2) is 0 Å². The minimum atomic E-state index is -0.332. The summed E-state index contributed by atoms with van der Waals surface area (Å²) in [6.07, 6.45) is 2.69. The van der Waals surface area contributed by atoms with Gasteiger partial charge < -0.3 is 0 Å². The molecule has 1 N–H and O–H groups in total. The van der Waals surface area contributed by atoms with Crippen molar-refractivity contribution in [3.8, 4) is 0 Å². The second-order valence-electron chi connectivity index (χ2n) is 2.80. The van der Waals surface area contributed by atoms with Crippen LogP contribution in [-0.2, 0) is 14.3 Å². The first-order chi connectivity index (χ1) is 7.11. The summed E-state index contributed by atoms with van der Waals surface area (Å²) in [5.41, 5.74) is 0. The van der Waals surface area contributed by atoms with Gasteiger partial charge in [-0.15, -0.1) is 0 Å². The first-order valence-electron chi connectivity index (χ1n) is 4.70. The predicted molar refractivity (Wildman–Crippen MR) is 63.0 cm³/mol. The van der Waals surface area contributed by atoms with Gasteiger partial charge in [-0.2, -0.15) is 0 Å². The maximum absolute atomic E-state index is 11.5. The molecular weight excluding hydrogens is 281 g/mol. The SMILES string of the molecule is CCOC(=O)C(CCSC)N[Se]C(C)=O. The Bertz CT molecular complexity index is 214. The Hall–Kier alpha value is -0.0305. The number of hydrogen-bond donors (Lipinski definition) is 1. The second-order valence-corrected chi connectivity index (χ2v) is 5.91. The molecular formula is C9H17NO3SSe. The van der Waals surface area contributed by atoms with Crippen molar-refractivity contribution in [3.63, 3.8) is 0 Å². The fourth-order valence-corrected chi connectivity index (χ4v) is 2.42. The molecule has 0 aromatic rings. The van der Waals surface area contributed by atoms with Crippen LogP contribution in [0.15, 0.2) is 0 Å². The number of ether oxygens (including phenoxy) is 1. The summed E-state index contributed by atoms with van der Waals surface area (Å²) >= 11 is 1.35. The van der Waals surface area contributed by atoms with Gasteiger partial charge in [0.25, 0.3) is 0 Å². The summed E-state index contributed by atoms with van der Waals surface area (Å²) in [7, 11) is 0. The Morgan fingerprint density at radius 3 is 2.67 bits per heavy atom. The van der Waals surface area contributed by atoms with Crippen LogP contribution < -0.4 is 4.33 Å². The topological polar surface area (TPSA) is 55.4 Å². The molecule has 4 nitrogen and oxygen atoms in total. The van der Waals surface area contributed by atoms with Gasteiger partial charge in [-0.1, -0.05) is 0 Å².